The first-order valence-corrected chi connectivity index (χ1v) is 9.00. The van der Waals surface area contributed by atoms with Crippen molar-refractivity contribution >= 4 is 38.9 Å². The van der Waals surface area contributed by atoms with Crippen LogP contribution in [0.2, 0.25) is 4.47 Å². The van der Waals surface area contributed by atoms with E-state index in [9.17, 15) is 8.42 Å². The van der Waals surface area contributed by atoms with Crippen LogP contribution in [-0.2, 0) is 10.0 Å². The Hall–Kier alpha value is -2.07. The molecule has 3 aromatic rings. The van der Waals surface area contributed by atoms with Crippen molar-refractivity contribution in [3.63, 3.8) is 0 Å². The molecule has 2 aromatic heterocycles. The third kappa shape index (κ3) is 3.64. The number of hydrazine groups is 1. The van der Waals surface area contributed by atoms with Gasteiger partial charge in [-0.1, -0.05) is 53.3 Å². The topological polar surface area (TPSA) is 96.9 Å². The summed E-state index contributed by atoms with van der Waals surface area (Å²) in [6, 6.07) is 10.6. The number of nitrogens with zero attached hydrogens (tertiary/aromatic N) is 3. The van der Waals surface area contributed by atoms with Crippen molar-refractivity contribution in [1.82, 2.24) is 19.8 Å². The highest BCUT2D eigenvalue weighted by Crippen LogP contribution is 2.34. The van der Waals surface area contributed by atoms with Crippen molar-refractivity contribution in [1.29, 1.82) is 0 Å². The number of hydrogen-bond donors (Lipinski definition) is 2. The molecular weight excluding hydrogens is 358 g/mol. The number of sulfonamides is 1. The largest absolute Gasteiger partial charge is 0.276 e. The minimum Gasteiger partial charge on any atom is -0.276 e. The van der Waals surface area contributed by atoms with Gasteiger partial charge in [-0.3, -0.25) is 5.43 Å². The number of anilines is 1. The molecule has 0 spiro atoms. The van der Waals surface area contributed by atoms with E-state index in [0.29, 0.717) is 11.3 Å². The van der Waals surface area contributed by atoms with E-state index in [0.717, 1.165) is 11.3 Å². The van der Waals surface area contributed by atoms with E-state index >= 15 is 0 Å². The minimum absolute atomic E-state index is 0.0112. The smallest absolute Gasteiger partial charge is 0.269 e. The zero-order valence-electron chi connectivity index (χ0n) is 11.5. The molecular formula is C13H10ClN5O2S2. The van der Waals surface area contributed by atoms with E-state index in [1.54, 1.807) is 30.3 Å². The molecule has 0 saturated heterocycles. The summed E-state index contributed by atoms with van der Waals surface area (Å²) >= 11 is 6.78. The van der Waals surface area contributed by atoms with Crippen LogP contribution < -0.4 is 10.3 Å². The predicted molar refractivity (Wildman–Crippen MR) is 88.5 cm³/mol. The van der Waals surface area contributed by atoms with E-state index in [1.807, 2.05) is 6.07 Å². The lowest BCUT2D eigenvalue weighted by atomic mass is 10.2. The summed E-state index contributed by atoms with van der Waals surface area (Å²) in [5, 5.41) is 0. The molecule has 23 heavy (non-hydrogen) atoms. The van der Waals surface area contributed by atoms with Crippen molar-refractivity contribution in [3.8, 4) is 11.3 Å². The Labute approximate surface area is 141 Å². The fourth-order valence-corrected chi connectivity index (χ4v) is 4.30. The number of halogens is 1. The van der Waals surface area contributed by atoms with Gasteiger partial charge in [0.25, 0.3) is 10.0 Å². The molecule has 2 heterocycles. The zero-order chi connectivity index (χ0) is 16.3. The molecule has 118 valence electrons. The van der Waals surface area contributed by atoms with Crippen LogP contribution in [0.5, 0.6) is 0 Å². The normalized spacial score (nSPS) is 11.3. The van der Waals surface area contributed by atoms with Gasteiger partial charge in [0.15, 0.2) is 8.68 Å². The van der Waals surface area contributed by atoms with Gasteiger partial charge in [-0.2, -0.15) is 0 Å². The second-order valence-electron chi connectivity index (χ2n) is 4.27. The molecule has 3 rings (SSSR count). The molecule has 0 atom stereocenters. The summed E-state index contributed by atoms with van der Waals surface area (Å²) in [5.74, 6) is 0.132. The van der Waals surface area contributed by atoms with E-state index in [2.05, 4.69) is 25.2 Å². The van der Waals surface area contributed by atoms with Gasteiger partial charge in [0, 0.05) is 18.0 Å². The molecule has 0 aliphatic carbocycles. The SMILES string of the molecule is O=S(=O)(NNc1ncccn1)c1sc(Cl)nc1-c1ccccc1. The summed E-state index contributed by atoms with van der Waals surface area (Å²) in [6.45, 7) is 0. The maximum absolute atomic E-state index is 12.5. The molecule has 0 radical (unpaired) electrons. The van der Waals surface area contributed by atoms with Crippen molar-refractivity contribution in [2.45, 2.75) is 4.21 Å². The maximum atomic E-state index is 12.5. The van der Waals surface area contributed by atoms with Crippen molar-refractivity contribution in [2.24, 2.45) is 0 Å². The molecule has 7 nitrogen and oxygen atoms in total. The number of benzene rings is 1. The number of hydrogen-bond acceptors (Lipinski definition) is 7. The van der Waals surface area contributed by atoms with Crippen LogP contribution in [0.4, 0.5) is 5.95 Å². The predicted octanol–water partition coefficient (Wildman–Crippen LogP) is 2.56. The lowest BCUT2D eigenvalue weighted by molar-refractivity contribution is 0.589. The van der Waals surface area contributed by atoms with Crippen LogP contribution in [0.1, 0.15) is 0 Å². The fraction of sp³-hybridized carbons (Fsp3) is 0. The molecule has 0 amide bonds. The molecule has 0 fully saturated rings. The van der Waals surface area contributed by atoms with Crippen molar-refractivity contribution in [3.05, 3.63) is 53.3 Å². The summed E-state index contributed by atoms with van der Waals surface area (Å²) < 4.78 is 25.1. The summed E-state index contributed by atoms with van der Waals surface area (Å²) in [7, 11) is -3.89. The number of aromatic nitrogens is 3. The second-order valence-corrected chi connectivity index (χ2v) is 7.73. The van der Waals surface area contributed by atoms with Crippen LogP contribution in [0.25, 0.3) is 11.3 Å². The van der Waals surface area contributed by atoms with Crippen LogP contribution in [0, 0.1) is 0 Å². The van der Waals surface area contributed by atoms with E-state index in [-0.39, 0.29) is 14.6 Å². The molecule has 10 heteroatoms. The van der Waals surface area contributed by atoms with Crippen LogP contribution in [-0.4, -0.2) is 23.4 Å². The maximum Gasteiger partial charge on any atom is 0.269 e. The highest BCUT2D eigenvalue weighted by atomic mass is 35.5. The van der Waals surface area contributed by atoms with Gasteiger partial charge >= 0.3 is 0 Å². The number of rotatable bonds is 5. The average Bonchev–Trinajstić information content (AvgIpc) is 2.98. The molecule has 0 unspecified atom stereocenters. The summed E-state index contributed by atoms with van der Waals surface area (Å²) in [4.78, 5) is 14.1. The van der Waals surface area contributed by atoms with E-state index < -0.39 is 10.0 Å². The molecule has 0 bridgehead atoms. The van der Waals surface area contributed by atoms with Gasteiger partial charge in [0.2, 0.25) is 5.95 Å². The third-order valence-corrected chi connectivity index (χ3v) is 5.64. The Morgan fingerprint density at radius 2 is 1.74 bits per heavy atom. The van der Waals surface area contributed by atoms with E-state index in [1.165, 1.54) is 12.4 Å². The quantitative estimate of drug-likeness (QED) is 0.673. The third-order valence-electron chi connectivity index (χ3n) is 2.72. The van der Waals surface area contributed by atoms with Crippen LogP contribution >= 0.6 is 22.9 Å². The standard InChI is InChI=1S/C13H10ClN5O2S2/c14-12-17-10(9-5-2-1-3-6-9)11(22-12)23(20,21)19-18-13-15-7-4-8-16-13/h1-8,19H,(H,15,16,18). The zero-order valence-corrected chi connectivity index (χ0v) is 13.9. The molecule has 0 aliphatic rings. The minimum atomic E-state index is -3.89. The lowest BCUT2D eigenvalue weighted by Crippen LogP contribution is -2.30. The highest BCUT2D eigenvalue weighted by Gasteiger charge is 2.24. The van der Waals surface area contributed by atoms with Gasteiger partial charge in [-0.25, -0.2) is 23.4 Å². The van der Waals surface area contributed by atoms with E-state index in [4.69, 9.17) is 11.6 Å². The number of thiazole rings is 1. The van der Waals surface area contributed by atoms with Gasteiger partial charge < -0.3 is 0 Å². The lowest BCUT2D eigenvalue weighted by Gasteiger charge is -2.07. The van der Waals surface area contributed by atoms with Gasteiger partial charge in [-0.15, -0.1) is 4.83 Å². The highest BCUT2D eigenvalue weighted by molar-refractivity contribution is 7.91. The second kappa shape index (κ2) is 6.59. The van der Waals surface area contributed by atoms with Gasteiger partial charge in [0.05, 0.1) is 0 Å². The molecule has 2 N–H and O–H groups in total. The Morgan fingerprint density at radius 3 is 2.43 bits per heavy atom. The monoisotopic (exact) mass is 367 g/mol. The molecule has 0 aliphatic heterocycles. The van der Waals surface area contributed by atoms with Crippen molar-refractivity contribution in [2.75, 3.05) is 5.43 Å². The average molecular weight is 368 g/mol. The molecule has 0 saturated carbocycles. The van der Waals surface area contributed by atoms with Crippen LogP contribution in [0.3, 0.4) is 0 Å². The first kappa shape index (κ1) is 15.8. The fourth-order valence-electron chi connectivity index (χ4n) is 1.76. The Morgan fingerprint density at radius 1 is 1.04 bits per heavy atom. The summed E-state index contributed by atoms with van der Waals surface area (Å²) in [6.07, 6.45) is 2.98. The Bertz CT molecular complexity index is 901. The van der Waals surface area contributed by atoms with Crippen molar-refractivity contribution < 1.29 is 8.42 Å². The Balaban J connectivity index is 1.91. The van der Waals surface area contributed by atoms with Crippen LogP contribution in [0.15, 0.2) is 53.0 Å². The molecule has 1 aromatic carbocycles. The Kier molecular flexibility index (Phi) is 4.53. The number of nitrogens with one attached hydrogen (secondary N) is 2. The first-order chi connectivity index (χ1) is 11.1. The summed E-state index contributed by atoms with van der Waals surface area (Å²) in [5.41, 5.74) is 3.40. The van der Waals surface area contributed by atoms with Gasteiger partial charge in [0.1, 0.15) is 5.69 Å². The first-order valence-electron chi connectivity index (χ1n) is 6.33. The van der Waals surface area contributed by atoms with Gasteiger partial charge in [-0.05, 0) is 6.07 Å².